The fraction of sp³-hybridized carbons (Fsp3) is 0.846. The number of ether oxygens (including phenoxy) is 2. The molecule has 6 N–H and O–H groups in total. The molecular formula is C26H44O8. The van der Waals surface area contributed by atoms with E-state index in [0.29, 0.717) is 12.8 Å². The standard InChI is InChI=1S/C26H44O8/c1-14(9-11-27)6-7-16-15(2)17(12-19-25(3,4)20(29)8-10-26(16,19)5)33-24-23(32)22(31)21(30)18(13-28)34-24/h9,16-24,27-32H,2,6-8,10-13H2,1,3-5H3/b14-9-/t16-,17-,18+,19-,20-,21+,22-,23-,24+,26+/m0/s1. The Hall–Kier alpha value is -0.840. The molecule has 0 amide bonds. The topological polar surface area (TPSA) is 140 Å². The maximum absolute atomic E-state index is 10.9. The van der Waals surface area contributed by atoms with Gasteiger partial charge in [0.15, 0.2) is 6.29 Å². The predicted octanol–water partition coefficient (Wildman–Crippen LogP) is 1.27. The SMILES string of the molecule is C=C1[C@@H](O[C@@H]2O[C@H](CO)[C@@H](O)[C@H](O)[C@@H]2O)C[C@H]2C(C)(C)[C@@H](O)CC[C@]2(C)[C@H]1CC/C(C)=C\CO. The summed E-state index contributed by atoms with van der Waals surface area (Å²) in [6, 6.07) is 0. The molecule has 0 aromatic heterocycles. The highest BCUT2D eigenvalue weighted by molar-refractivity contribution is 5.22. The Kier molecular flexibility index (Phi) is 8.69. The van der Waals surface area contributed by atoms with E-state index < -0.39 is 49.5 Å². The Bertz CT molecular complexity index is 749. The highest BCUT2D eigenvalue weighted by Crippen LogP contribution is 2.62. The van der Waals surface area contributed by atoms with Crippen molar-refractivity contribution in [3.63, 3.8) is 0 Å². The normalized spacial score (nSPS) is 45.2. The maximum Gasteiger partial charge on any atom is 0.187 e. The van der Waals surface area contributed by atoms with Crippen LogP contribution < -0.4 is 0 Å². The molecule has 0 radical (unpaired) electrons. The molecule has 1 heterocycles. The second kappa shape index (κ2) is 10.6. The van der Waals surface area contributed by atoms with E-state index in [1.807, 2.05) is 13.0 Å². The van der Waals surface area contributed by atoms with E-state index >= 15 is 0 Å². The van der Waals surface area contributed by atoms with Gasteiger partial charge in [-0.05, 0) is 67.3 Å². The molecule has 3 rings (SSSR count). The van der Waals surface area contributed by atoms with Crippen molar-refractivity contribution in [1.82, 2.24) is 0 Å². The van der Waals surface area contributed by atoms with Crippen molar-refractivity contribution in [2.24, 2.45) is 22.7 Å². The number of allylic oxidation sites excluding steroid dienone is 1. The molecule has 0 aromatic carbocycles. The minimum absolute atomic E-state index is 0.000588. The molecular weight excluding hydrogens is 440 g/mol. The van der Waals surface area contributed by atoms with Crippen LogP contribution in [0.4, 0.5) is 0 Å². The van der Waals surface area contributed by atoms with E-state index in [1.54, 1.807) is 0 Å². The van der Waals surface area contributed by atoms with Gasteiger partial charge in [-0.25, -0.2) is 0 Å². The quantitative estimate of drug-likeness (QED) is 0.235. The third-order valence-corrected chi connectivity index (χ3v) is 9.03. The van der Waals surface area contributed by atoms with Crippen LogP contribution in [0.5, 0.6) is 0 Å². The van der Waals surface area contributed by atoms with Crippen LogP contribution >= 0.6 is 0 Å². The minimum Gasteiger partial charge on any atom is -0.394 e. The van der Waals surface area contributed by atoms with Gasteiger partial charge < -0.3 is 40.1 Å². The Balaban J connectivity index is 1.89. The van der Waals surface area contributed by atoms with Crippen LogP contribution in [0, 0.1) is 22.7 Å². The van der Waals surface area contributed by atoms with Crippen LogP contribution in [0.3, 0.4) is 0 Å². The van der Waals surface area contributed by atoms with Crippen LogP contribution in [-0.4, -0.2) is 86.8 Å². The van der Waals surface area contributed by atoms with E-state index in [2.05, 4.69) is 27.4 Å². The summed E-state index contributed by atoms with van der Waals surface area (Å²) >= 11 is 0. The molecule has 196 valence electrons. The van der Waals surface area contributed by atoms with E-state index in [4.69, 9.17) is 9.47 Å². The van der Waals surface area contributed by atoms with Gasteiger partial charge in [-0.1, -0.05) is 39.0 Å². The van der Waals surface area contributed by atoms with Gasteiger partial charge in [-0.3, -0.25) is 0 Å². The summed E-state index contributed by atoms with van der Waals surface area (Å²) in [6.45, 7) is 12.3. The van der Waals surface area contributed by atoms with E-state index in [0.717, 1.165) is 30.4 Å². The molecule has 1 aliphatic heterocycles. The Labute approximate surface area is 202 Å². The fourth-order valence-corrected chi connectivity index (χ4v) is 6.71. The lowest BCUT2D eigenvalue weighted by molar-refractivity contribution is -0.313. The average molecular weight is 485 g/mol. The number of fused-ring (bicyclic) bond motifs is 1. The monoisotopic (exact) mass is 484 g/mol. The Morgan fingerprint density at radius 3 is 2.41 bits per heavy atom. The number of aliphatic hydroxyl groups is 6. The van der Waals surface area contributed by atoms with E-state index in [1.165, 1.54) is 0 Å². The molecule has 34 heavy (non-hydrogen) atoms. The van der Waals surface area contributed by atoms with Crippen LogP contribution in [0.2, 0.25) is 0 Å². The number of aliphatic hydroxyl groups excluding tert-OH is 6. The first-order valence-electron chi connectivity index (χ1n) is 12.5. The summed E-state index contributed by atoms with van der Waals surface area (Å²) in [5.41, 5.74) is 1.52. The van der Waals surface area contributed by atoms with E-state index in [9.17, 15) is 30.6 Å². The fourth-order valence-electron chi connectivity index (χ4n) is 6.71. The van der Waals surface area contributed by atoms with E-state index in [-0.39, 0.29) is 29.3 Å². The van der Waals surface area contributed by atoms with Gasteiger partial charge in [0.2, 0.25) is 0 Å². The van der Waals surface area contributed by atoms with Crippen molar-refractivity contribution in [1.29, 1.82) is 0 Å². The van der Waals surface area contributed by atoms with Crippen molar-refractivity contribution in [3.05, 3.63) is 23.8 Å². The molecule has 0 bridgehead atoms. The number of hydrogen-bond donors (Lipinski definition) is 6. The molecule has 8 heteroatoms. The summed E-state index contributed by atoms with van der Waals surface area (Å²) in [4.78, 5) is 0. The minimum atomic E-state index is -1.51. The molecule has 0 unspecified atom stereocenters. The second-order valence-corrected chi connectivity index (χ2v) is 11.4. The maximum atomic E-state index is 10.9. The van der Waals surface area contributed by atoms with Crippen molar-refractivity contribution in [2.45, 2.75) is 103 Å². The molecule has 2 aliphatic carbocycles. The molecule has 0 aromatic rings. The largest absolute Gasteiger partial charge is 0.394 e. The number of hydrogen-bond acceptors (Lipinski definition) is 8. The third kappa shape index (κ3) is 5.02. The lowest BCUT2D eigenvalue weighted by Gasteiger charge is -2.61. The van der Waals surface area contributed by atoms with Gasteiger partial charge in [-0.15, -0.1) is 0 Å². The summed E-state index contributed by atoms with van der Waals surface area (Å²) in [6.07, 6.45) is -2.05. The van der Waals surface area contributed by atoms with Crippen molar-refractivity contribution in [3.8, 4) is 0 Å². The lowest BCUT2D eigenvalue weighted by atomic mass is 9.46. The van der Waals surface area contributed by atoms with Crippen LogP contribution in [0.15, 0.2) is 23.8 Å². The summed E-state index contributed by atoms with van der Waals surface area (Å²) < 4.78 is 11.8. The summed E-state index contributed by atoms with van der Waals surface area (Å²) in [5.74, 6) is 0.186. The highest BCUT2D eigenvalue weighted by atomic mass is 16.7. The number of rotatable bonds is 7. The summed E-state index contributed by atoms with van der Waals surface area (Å²) in [7, 11) is 0. The second-order valence-electron chi connectivity index (χ2n) is 11.4. The molecule has 2 saturated carbocycles. The first kappa shape index (κ1) is 27.7. The zero-order valence-electron chi connectivity index (χ0n) is 20.9. The van der Waals surface area contributed by atoms with Gasteiger partial charge in [0.1, 0.15) is 24.4 Å². The van der Waals surface area contributed by atoms with Crippen molar-refractivity contribution >= 4 is 0 Å². The molecule has 3 aliphatic rings. The van der Waals surface area contributed by atoms with Gasteiger partial charge in [0.25, 0.3) is 0 Å². The summed E-state index contributed by atoms with van der Waals surface area (Å²) in [5, 5.41) is 60.5. The smallest absolute Gasteiger partial charge is 0.187 e. The predicted molar refractivity (Wildman–Crippen MR) is 127 cm³/mol. The molecule has 8 nitrogen and oxygen atoms in total. The van der Waals surface area contributed by atoms with Gasteiger partial charge in [0, 0.05) is 0 Å². The van der Waals surface area contributed by atoms with Crippen molar-refractivity contribution in [2.75, 3.05) is 13.2 Å². The van der Waals surface area contributed by atoms with Crippen LogP contribution in [-0.2, 0) is 9.47 Å². The van der Waals surface area contributed by atoms with Crippen LogP contribution in [0.25, 0.3) is 0 Å². The first-order chi connectivity index (χ1) is 15.9. The lowest BCUT2D eigenvalue weighted by Crippen LogP contribution is -2.61. The Morgan fingerprint density at radius 2 is 1.79 bits per heavy atom. The molecule has 1 saturated heterocycles. The van der Waals surface area contributed by atoms with Crippen LogP contribution in [0.1, 0.15) is 59.8 Å². The zero-order valence-corrected chi connectivity index (χ0v) is 20.9. The Morgan fingerprint density at radius 1 is 1.12 bits per heavy atom. The molecule has 3 fully saturated rings. The van der Waals surface area contributed by atoms with Crippen molar-refractivity contribution < 1.29 is 40.1 Å². The van der Waals surface area contributed by atoms with Gasteiger partial charge >= 0.3 is 0 Å². The first-order valence-corrected chi connectivity index (χ1v) is 12.5. The zero-order chi connectivity index (χ0) is 25.4. The third-order valence-electron chi connectivity index (χ3n) is 9.03. The molecule has 0 spiro atoms. The van der Waals surface area contributed by atoms with Gasteiger partial charge in [-0.2, -0.15) is 0 Å². The highest BCUT2D eigenvalue weighted by Gasteiger charge is 2.58. The molecule has 10 atom stereocenters. The van der Waals surface area contributed by atoms with Gasteiger partial charge in [0.05, 0.1) is 25.4 Å². The average Bonchev–Trinajstić information content (AvgIpc) is 2.78.